The molecular weight excluding hydrogens is 236 g/mol. The molecule has 0 spiro atoms. The number of hydrogen-bond donors (Lipinski definition) is 0. The van der Waals surface area contributed by atoms with Gasteiger partial charge in [0.25, 0.3) is 0 Å². The summed E-state index contributed by atoms with van der Waals surface area (Å²) in [7, 11) is 0. The van der Waals surface area contributed by atoms with Crippen LogP contribution in [0.5, 0.6) is 0 Å². The first-order chi connectivity index (χ1) is 9.16. The van der Waals surface area contributed by atoms with Crippen molar-refractivity contribution in [1.82, 2.24) is 4.90 Å². The van der Waals surface area contributed by atoms with E-state index in [9.17, 15) is 0 Å². The van der Waals surface area contributed by atoms with Gasteiger partial charge in [-0.25, -0.2) is 0 Å². The average Bonchev–Trinajstić information content (AvgIpc) is 2.92. The Bertz CT molecular complexity index is 461. The second kappa shape index (κ2) is 4.87. The molecule has 3 nitrogen and oxygen atoms in total. The zero-order valence-corrected chi connectivity index (χ0v) is 11.8. The van der Waals surface area contributed by atoms with Crippen LogP contribution in [0.4, 0.5) is 0 Å². The van der Waals surface area contributed by atoms with Crippen molar-refractivity contribution in [2.75, 3.05) is 13.1 Å². The molecule has 2 aliphatic rings. The van der Waals surface area contributed by atoms with Gasteiger partial charge in [-0.2, -0.15) is 0 Å². The van der Waals surface area contributed by atoms with Gasteiger partial charge in [-0.15, -0.1) is 0 Å². The summed E-state index contributed by atoms with van der Waals surface area (Å²) in [4.78, 5) is 8.08. The first kappa shape index (κ1) is 12.5. The lowest BCUT2D eigenvalue weighted by Crippen LogP contribution is -2.41. The van der Waals surface area contributed by atoms with Crippen LogP contribution in [0.2, 0.25) is 0 Å². The molecule has 1 aromatic carbocycles. The summed E-state index contributed by atoms with van der Waals surface area (Å²) in [6, 6.07) is 10.7. The number of amidine groups is 1. The molecule has 0 bridgehead atoms. The summed E-state index contributed by atoms with van der Waals surface area (Å²) in [6.07, 6.45) is 3.53. The molecule has 2 aliphatic heterocycles. The third-order valence-electron chi connectivity index (χ3n) is 4.03. The molecule has 3 rings (SSSR count). The van der Waals surface area contributed by atoms with E-state index >= 15 is 0 Å². The van der Waals surface area contributed by atoms with E-state index in [4.69, 9.17) is 4.84 Å². The van der Waals surface area contributed by atoms with Crippen molar-refractivity contribution in [3.8, 4) is 0 Å². The smallest absolute Gasteiger partial charge is 0.152 e. The lowest BCUT2D eigenvalue weighted by Gasteiger charge is -2.37. The van der Waals surface area contributed by atoms with Crippen molar-refractivity contribution in [3.63, 3.8) is 0 Å². The van der Waals surface area contributed by atoms with Gasteiger partial charge in [0.05, 0.1) is 0 Å². The highest BCUT2D eigenvalue weighted by Gasteiger charge is 2.37. The molecule has 2 heterocycles. The second-order valence-electron chi connectivity index (χ2n) is 6.16. The van der Waals surface area contributed by atoms with Crippen LogP contribution in [0, 0.1) is 0 Å². The molecule has 0 amide bonds. The topological polar surface area (TPSA) is 24.8 Å². The van der Waals surface area contributed by atoms with Gasteiger partial charge >= 0.3 is 0 Å². The van der Waals surface area contributed by atoms with E-state index in [1.54, 1.807) is 0 Å². The third kappa shape index (κ3) is 2.60. The van der Waals surface area contributed by atoms with E-state index in [2.05, 4.69) is 54.2 Å². The molecule has 0 N–H and O–H groups in total. The molecule has 1 atom stereocenters. The Hall–Kier alpha value is -1.51. The summed E-state index contributed by atoms with van der Waals surface area (Å²) in [5.74, 6) is 1.49. The minimum atomic E-state index is -0.177. The molecular formula is C16H22N2O. The van der Waals surface area contributed by atoms with Crippen LogP contribution < -0.4 is 0 Å². The standard InChI is InChI=1S/C16H22N2O/c1-16(2)12-14(13-8-4-3-5-9-13)15(17-19-16)18-10-6-7-11-18/h3-5,8-9,14H,6-7,10-12H2,1-2H3. The quantitative estimate of drug-likeness (QED) is 0.771. The number of nitrogens with zero attached hydrogens (tertiary/aromatic N) is 2. The van der Waals surface area contributed by atoms with Crippen LogP contribution in [0.1, 0.15) is 44.6 Å². The highest BCUT2D eigenvalue weighted by Crippen LogP contribution is 2.35. The monoisotopic (exact) mass is 258 g/mol. The van der Waals surface area contributed by atoms with E-state index in [-0.39, 0.29) is 5.60 Å². The lowest BCUT2D eigenvalue weighted by atomic mass is 9.85. The van der Waals surface area contributed by atoms with Gasteiger partial charge in [0.1, 0.15) is 5.60 Å². The first-order valence-electron chi connectivity index (χ1n) is 7.22. The van der Waals surface area contributed by atoms with Gasteiger partial charge in [-0.3, -0.25) is 0 Å². The second-order valence-corrected chi connectivity index (χ2v) is 6.16. The maximum atomic E-state index is 5.69. The summed E-state index contributed by atoms with van der Waals surface area (Å²) in [5.41, 5.74) is 1.17. The van der Waals surface area contributed by atoms with Crippen LogP contribution in [-0.4, -0.2) is 29.4 Å². The predicted molar refractivity (Wildman–Crippen MR) is 77.2 cm³/mol. The van der Waals surface area contributed by atoms with Gasteiger partial charge in [0.15, 0.2) is 5.84 Å². The molecule has 1 aromatic rings. The summed E-state index contributed by atoms with van der Waals surface area (Å²) >= 11 is 0. The summed E-state index contributed by atoms with van der Waals surface area (Å²) in [6.45, 7) is 6.47. The van der Waals surface area contributed by atoms with Gasteiger partial charge < -0.3 is 9.74 Å². The Balaban J connectivity index is 1.92. The fourth-order valence-electron chi connectivity index (χ4n) is 3.03. The molecule has 1 fully saturated rings. The van der Waals surface area contributed by atoms with Crippen LogP contribution in [-0.2, 0) is 4.84 Å². The Morgan fingerprint density at radius 2 is 1.84 bits per heavy atom. The summed E-state index contributed by atoms with van der Waals surface area (Å²) < 4.78 is 0. The van der Waals surface area contributed by atoms with Gasteiger partial charge in [-0.05, 0) is 32.3 Å². The SMILES string of the molecule is CC1(C)CC(c2ccccc2)C(N2CCCC2)=NO1. The molecule has 102 valence electrons. The maximum Gasteiger partial charge on any atom is 0.152 e. The highest BCUT2D eigenvalue weighted by atomic mass is 16.7. The molecule has 0 aliphatic carbocycles. The maximum absolute atomic E-state index is 5.69. The fraction of sp³-hybridized carbons (Fsp3) is 0.562. The molecule has 1 unspecified atom stereocenters. The molecule has 0 aromatic heterocycles. The number of hydrogen-bond acceptors (Lipinski definition) is 3. The summed E-state index contributed by atoms with van der Waals surface area (Å²) in [5, 5.41) is 4.46. The molecule has 3 heteroatoms. The van der Waals surface area contributed by atoms with Crippen LogP contribution >= 0.6 is 0 Å². The van der Waals surface area contributed by atoms with Crippen molar-refractivity contribution in [2.24, 2.45) is 5.16 Å². The van der Waals surface area contributed by atoms with Gasteiger partial charge in [0.2, 0.25) is 0 Å². The number of likely N-dealkylation sites (tertiary alicyclic amines) is 1. The van der Waals surface area contributed by atoms with Crippen molar-refractivity contribution < 1.29 is 4.84 Å². The van der Waals surface area contributed by atoms with Crippen LogP contribution in [0.3, 0.4) is 0 Å². The highest BCUT2D eigenvalue weighted by molar-refractivity contribution is 5.89. The largest absolute Gasteiger partial charge is 0.388 e. The van der Waals surface area contributed by atoms with Crippen molar-refractivity contribution in [1.29, 1.82) is 0 Å². The minimum absolute atomic E-state index is 0.177. The fourth-order valence-corrected chi connectivity index (χ4v) is 3.03. The Kier molecular flexibility index (Phi) is 3.21. The number of rotatable bonds is 1. The number of oxime groups is 1. The van der Waals surface area contributed by atoms with E-state index in [0.717, 1.165) is 25.3 Å². The van der Waals surface area contributed by atoms with E-state index in [0.29, 0.717) is 5.92 Å². The van der Waals surface area contributed by atoms with Crippen molar-refractivity contribution in [3.05, 3.63) is 35.9 Å². The Morgan fingerprint density at radius 1 is 1.16 bits per heavy atom. The van der Waals surface area contributed by atoms with Gasteiger partial charge in [0, 0.05) is 25.4 Å². The van der Waals surface area contributed by atoms with Crippen molar-refractivity contribution in [2.45, 2.75) is 44.6 Å². The predicted octanol–water partition coefficient (Wildman–Crippen LogP) is 3.38. The molecule has 19 heavy (non-hydrogen) atoms. The molecule has 1 saturated heterocycles. The van der Waals surface area contributed by atoms with Gasteiger partial charge in [-0.1, -0.05) is 35.5 Å². The van der Waals surface area contributed by atoms with E-state index < -0.39 is 0 Å². The normalized spacial score (nSPS) is 25.9. The average molecular weight is 258 g/mol. The number of benzene rings is 1. The molecule has 0 saturated carbocycles. The van der Waals surface area contributed by atoms with Crippen LogP contribution in [0.15, 0.2) is 35.5 Å². The zero-order chi connectivity index (χ0) is 13.3. The van der Waals surface area contributed by atoms with E-state index in [1.807, 2.05) is 0 Å². The van der Waals surface area contributed by atoms with Crippen molar-refractivity contribution >= 4 is 5.84 Å². The minimum Gasteiger partial charge on any atom is -0.388 e. The lowest BCUT2D eigenvalue weighted by molar-refractivity contribution is -0.0366. The van der Waals surface area contributed by atoms with Crippen LogP contribution in [0.25, 0.3) is 0 Å². The zero-order valence-electron chi connectivity index (χ0n) is 11.8. The third-order valence-corrected chi connectivity index (χ3v) is 4.03. The Morgan fingerprint density at radius 3 is 2.53 bits per heavy atom. The molecule has 0 radical (unpaired) electrons. The Labute approximate surface area is 115 Å². The first-order valence-corrected chi connectivity index (χ1v) is 7.22. The van der Waals surface area contributed by atoms with E-state index in [1.165, 1.54) is 18.4 Å².